The molecule has 2 aliphatic rings. The number of H-pyrrole nitrogens is 2. The molecule has 4 aromatic carbocycles. The smallest absolute Gasteiger partial charge is 0.217 e. The number of benzene rings is 4. The number of amides is 1. The van der Waals surface area contributed by atoms with Crippen molar-refractivity contribution in [1.29, 1.82) is 0 Å². The molecule has 6 nitrogen and oxygen atoms in total. The number of nitrogens with one attached hydrogen (secondary N) is 3. The van der Waals surface area contributed by atoms with Gasteiger partial charge in [-0.2, -0.15) is 0 Å². The zero-order valence-electron chi connectivity index (χ0n) is 49.6. The summed E-state index contributed by atoms with van der Waals surface area (Å²) in [5.74, 6) is -0.0583. The van der Waals surface area contributed by atoms with E-state index in [9.17, 15) is 4.79 Å². The highest BCUT2D eigenvalue weighted by molar-refractivity contribution is 6.00. The van der Waals surface area contributed by atoms with E-state index in [2.05, 4.69) is 267 Å². The van der Waals surface area contributed by atoms with Crippen LogP contribution in [0.3, 0.4) is 0 Å². The van der Waals surface area contributed by atoms with E-state index in [1.807, 2.05) is 0 Å². The van der Waals surface area contributed by atoms with Crippen molar-refractivity contribution in [2.45, 2.75) is 171 Å². The number of aromatic nitrogens is 4. The van der Waals surface area contributed by atoms with Crippen LogP contribution in [0.15, 0.2) is 103 Å². The Morgan fingerprint density at radius 1 is 0.364 bits per heavy atom. The first-order valence-electron chi connectivity index (χ1n) is 27.7. The second-order valence-electron chi connectivity index (χ2n) is 28.0. The molecule has 0 saturated carbocycles. The average molecular weight is 1020 g/mol. The second kappa shape index (κ2) is 19.4. The van der Waals surface area contributed by atoms with Gasteiger partial charge in [0.2, 0.25) is 5.91 Å². The first kappa shape index (κ1) is 54.7. The summed E-state index contributed by atoms with van der Waals surface area (Å²) in [7, 11) is 0. The summed E-state index contributed by atoms with van der Waals surface area (Å²) in [4.78, 5) is 31.6. The van der Waals surface area contributed by atoms with Crippen molar-refractivity contribution in [3.63, 3.8) is 0 Å². The maximum atomic E-state index is 12.0. The summed E-state index contributed by atoms with van der Waals surface area (Å²) in [6, 6.07) is 38.9. The molecular weight excluding hydrogens is 939 g/mol. The number of rotatable bonds is 6. The van der Waals surface area contributed by atoms with E-state index >= 15 is 0 Å². The molecule has 8 bridgehead atoms. The number of fused-ring (bicyclic) bond motifs is 8. The minimum atomic E-state index is -0.109. The van der Waals surface area contributed by atoms with Crippen LogP contribution in [0.1, 0.15) is 193 Å². The minimum absolute atomic E-state index is 0.0583. The first-order valence-corrected chi connectivity index (χ1v) is 27.7. The van der Waals surface area contributed by atoms with Gasteiger partial charge in [-0.05, 0) is 142 Å². The summed E-state index contributed by atoms with van der Waals surface area (Å²) in [6.07, 6.45) is 8.82. The number of aromatic amines is 2. The van der Waals surface area contributed by atoms with Crippen LogP contribution >= 0.6 is 0 Å². The van der Waals surface area contributed by atoms with E-state index in [1.165, 1.54) is 33.4 Å². The van der Waals surface area contributed by atoms with Gasteiger partial charge in [-0.15, -0.1) is 0 Å². The normalized spacial score (nSPS) is 13.4. The van der Waals surface area contributed by atoms with Gasteiger partial charge >= 0.3 is 0 Å². The van der Waals surface area contributed by atoms with Gasteiger partial charge in [-0.25, -0.2) is 9.97 Å². The standard InChI is InChI=1S/C71H83N5O/c1-42(77)72-41-43-20-22-44(23-21-43)62-54-24-26-56(73-54)63(45-32-48(66(2,3)4)38-49(33-45)67(5,6)7)58-28-30-60(75-58)65(47-36-52(70(14,15)16)40-53(37-47)71(17,18)19)61-31-29-59(76-61)64(57-27-25-55(62)74-57)46-34-50(68(8,9)10)39-51(35-46)69(11,12)13/h20-40,73,76H,41H2,1-19H3,(H,72,77). The zero-order valence-corrected chi connectivity index (χ0v) is 49.6. The fourth-order valence-electron chi connectivity index (χ4n) is 10.3. The van der Waals surface area contributed by atoms with Crippen LogP contribution in [0.5, 0.6) is 0 Å². The SMILES string of the molecule is CC(=O)NCc1ccc(-c2c3nc(c(-c4cc(C(C)(C)C)cc(C(C)(C)C)c4)c4ccc([nH]4)c(-c4cc(C(C)(C)C)cc(C(C)(C)C)c4)c4nc(c(-c5cc(C(C)(C)C)cc(C(C)(C)C)c5)c5ccc2[nH]5)C=C4)C=C3)cc1. The van der Waals surface area contributed by atoms with E-state index in [0.29, 0.717) is 6.54 Å². The van der Waals surface area contributed by atoms with Crippen LogP contribution in [-0.2, 0) is 43.8 Å². The Bertz CT molecular complexity index is 3530. The molecule has 3 aromatic heterocycles. The Balaban J connectivity index is 1.51. The summed E-state index contributed by atoms with van der Waals surface area (Å²) < 4.78 is 0. The van der Waals surface area contributed by atoms with Gasteiger partial charge in [0.15, 0.2) is 0 Å². The molecule has 0 aliphatic carbocycles. The van der Waals surface area contributed by atoms with Crippen LogP contribution in [0.2, 0.25) is 0 Å². The van der Waals surface area contributed by atoms with Crippen LogP contribution in [-0.4, -0.2) is 25.8 Å². The minimum Gasteiger partial charge on any atom is -0.354 e. The molecule has 9 rings (SSSR count). The molecule has 0 radical (unpaired) electrons. The summed E-state index contributed by atoms with van der Waals surface area (Å²) >= 11 is 0. The molecule has 5 heterocycles. The predicted octanol–water partition coefficient (Wildman–Crippen LogP) is 18.7. The molecule has 0 saturated heterocycles. The Hall–Kier alpha value is -7.05. The van der Waals surface area contributed by atoms with Crippen LogP contribution in [0.4, 0.5) is 0 Å². The zero-order chi connectivity index (χ0) is 55.9. The van der Waals surface area contributed by atoms with Crippen LogP contribution in [0.25, 0.3) is 90.9 Å². The van der Waals surface area contributed by atoms with Crippen molar-refractivity contribution < 1.29 is 4.79 Å². The highest BCUT2D eigenvalue weighted by Gasteiger charge is 2.28. The number of nitrogens with zero attached hydrogens (tertiary/aromatic N) is 2. The van der Waals surface area contributed by atoms with Gasteiger partial charge in [0, 0.05) is 57.8 Å². The lowest BCUT2D eigenvalue weighted by Gasteiger charge is -2.26. The Kier molecular flexibility index (Phi) is 13.8. The predicted molar refractivity (Wildman–Crippen MR) is 330 cm³/mol. The quantitative estimate of drug-likeness (QED) is 0.155. The molecule has 3 N–H and O–H groups in total. The molecule has 77 heavy (non-hydrogen) atoms. The first-order chi connectivity index (χ1) is 35.7. The lowest BCUT2D eigenvalue weighted by molar-refractivity contribution is -0.119. The molecular formula is C71H83N5O. The number of carbonyl (C=O) groups excluding carboxylic acids is 1. The van der Waals surface area contributed by atoms with Gasteiger partial charge in [0.05, 0.1) is 22.8 Å². The highest BCUT2D eigenvalue weighted by atomic mass is 16.1. The fraction of sp³-hybridized carbons (Fsp3) is 0.366. The number of hydrogen-bond donors (Lipinski definition) is 3. The average Bonchev–Trinajstić information content (AvgIpc) is 4.21. The summed E-state index contributed by atoms with van der Waals surface area (Å²) in [5.41, 5.74) is 23.8. The Morgan fingerprint density at radius 3 is 0.844 bits per heavy atom. The van der Waals surface area contributed by atoms with Crippen LogP contribution < -0.4 is 5.32 Å². The van der Waals surface area contributed by atoms with Gasteiger partial charge in [0.25, 0.3) is 0 Å². The van der Waals surface area contributed by atoms with Gasteiger partial charge in [-0.3, -0.25) is 4.79 Å². The molecule has 6 heteroatoms. The Labute approximate surface area is 460 Å². The molecule has 2 aliphatic heterocycles. The lowest BCUT2D eigenvalue weighted by atomic mass is 9.78. The van der Waals surface area contributed by atoms with Crippen molar-refractivity contribution in [2.75, 3.05) is 0 Å². The highest BCUT2D eigenvalue weighted by Crippen LogP contribution is 2.44. The van der Waals surface area contributed by atoms with Gasteiger partial charge < -0.3 is 15.3 Å². The maximum absolute atomic E-state index is 12.0. The van der Waals surface area contributed by atoms with Crippen molar-refractivity contribution >= 4 is 52.3 Å². The molecule has 7 aromatic rings. The third kappa shape index (κ3) is 11.5. The van der Waals surface area contributed by atoms with Crippen molar-refractivity contribution in [3.8, 4) is 44.5 Å². The number of carbonyl (C=O) groups is 1. The topological polar surface area (TPSA) is 86.5 Å². The van der Waals surface area contributed by atoms with E-state index in [4.69, 9.17) is 9.97 Å². The van der Waals surface area contributed by atoms with Gasteiger partial charge in [-0.1, -0.05) is 203 Å². The summed E-state index contributed by atoms with van der Waals surface area (Å²) in [5, 5.41) is 2.97. The third-order valence-electron chi connectivity index (χ3n) is 15.4. The maximum Gasteiger partial charge on any atom is 0.217 e. The number of hydrogen-bond acceptors (Lipinski definition) is 3. The van der Waals surface area contributed by atoms with E-state index in [-0.39, 0.29) is 38.4 Å². The van der Waals surface area contributed by atoms with Crippen molar-refractivity contribution in [2.24, 2.45) is 0 Å². The molecule has 0 spiro atoms. The fourth-order valence-corrected chi connectivity index (χ4v) is 10.3. The molecule has 0 unspecified atom stereocenters. The third-order valence-corrected chi connectivity index (χ3v) is 15.4. The Morgan fingerprint density at radius 2 is 0.610 bits per heavy atom. The van der Waals surface area contributed by atoms with E-state index < -0.39 is 0 Å². The van der Waals surface area contributed by atoms with E-state index in [0.717, 1.165) is 94.9 Å². The van der Waals surface area contributed by atoms with Crippen molar-refractivity contribution in [1.82, 2.24) is 25.3 Å². The molecule has 0 fully saturated rings. The summed E-state index contributed by atoms with van der Waals surface area (Å²) in [6.45, 7) is 43.5. The molecule has 0 atom stereocenters. The lowest BCUT2D eigenvalue weighted by Crippen LogP contribution is -2.18. The monoisotopic (exact) mass is 1020 g/mol. The van der Waals surface area contributed by atoms with Gasteiger partial charge in [0.1, 0.15) is 0 Å². The van der Waals surface area contributed by atoms with Crippen molar-refractivity contribution in [3.05, 3.63) is 165 Å². The largest absolute Gasteiger partial charge is 0.354 e. The second-order valence-corrected chi connectivity index (χ2v) is 28.0. The molecule has 1 amide bonds. The van der Waals surface area contributed by atoms with Crippen LogP contribution in [0, 0.1) is 0 Å². The van der Waals surface area contributed by atoms with E-state index in [1.54, 1.807) is 6.92 Å². The molecule has 398 valence electrons.